The number of benzene rings is 2. The molecule has 0 saturated heterocycles. The first-order valence-corrected chi connectivity index (χ1v) is 8.41. The number of hydrogen-bond acceptors (Lipinski definition) is 4. The summed E-state index contributed by atoms with van der Waals surface area (Å²) in [7, 11) is 0. The highest BCUT2D eigenvalue weighted by molar-refractivity contribution is 7.13. The summed E-state index contributed by atoms with van der Waals surface area (Å²) in [4.78, 5) is 17.3. The summed E-state index contributed by atoms with van der Waals surface area (Å²) in [5.74, 6) is 0.827. The lowest BCUT2D eigenvalue weighted by Gasteiger charge is -2.21. The van der Waals surface area contributed by atoms with Gasteiger partial charge in [-0.3, -0.25) is 0 Å². The third kappa shape index (κ3) is 3.46. The minimum atomic E-state index is -0.698. The van der Waals surface area contributed by atoms with Crippen molar-refractivity contribution in [2.24, 2.45) is 5.73 Å². The molecule has 3 aromatic rings. The van der Waals surface area contributed by atoms with Gasteiger partial charge in [-0.2, -0.15) is 0 Å². The number of halogens is 2. The Morgan fingerprint density at radius 3 is 2.62 bits per heavy atom. The summed E-state index contributed by atoms with van der Waals surface area (Å²) < 4.78 is 5.86. The van der Waals surface area contributed by atoms with Crippen molar-refractivity contribution in [2.75, 3.05) is 4.90 Å². The molecule has 0 radical (unpaired) electrons. The summed E-state index contributed by atoms with van der Waals surface area (Å²) >= 11 is 13.5. The zero-order chi connectivity index (χ0) is 17.1. The van der Waals surface area contributed by atoms with Crippen LogP contribution in [0.3, 0.4) is 0 Å². The van der Waals surface area contributed by atoms with Crippen LogP contribution in [0.5, 0.6) is 11.5 Å². The number of nitrogens with zero attached hydrogens (tertiary/aromatic N) is 2. The second-order valence-corrected chi connectivity index (χ2v) is 6.35. The van der Waals surface area contributed by atoms with Crippen molar-refractivity contribution in [2.45, 2.75) is 0 Å². The number of primary amides is 1. The molecule has 1 aromatic heterocycles. The van der Waals surface area contributed by atoms with Gasteiger partial charge in [-0.15, -0.1) is 11.3 Å². The van der Waals surface area contributed by atoms with Crippen LogP contribution in [0.1, 0.15) is 0 Å². The van der Waals surface area contributed by atoms with Crippen molar-refractivity contribution in [3.63, 3.8) is 0 Å². The second-order valence-electron chi connectivity index (χ2n) is 4.63. The lowest BCUT2D eigenvalue weighted by molar-refractivity contribution is 0.256. The molecule has 0 spiro atoms. The Balaban J connectivity index is 2.08. The fourth-order valence-electron chi connectivity index (χ4n) is 2.04. The van der Waals surface area contributed by atoms with Crippen LogP contribution in [-0.4, -0.2) is 11.0 Å². The van der Waals surface area contributed by atoms with Crippen LogP contribution < -0.4 is 15.4 Å². The minimum absolute atomic E-state index is 0.376. The molecule has 2 N–H and O–H groups in total. The van der Waals surface area contributed by atoms with Crippen molar-refractivity contribution in [1.82, 2.24) is 4.98 Å². The van der Waals surface area contributed by atoms with E-state index in [9.17, 15) is 4.79 Å². The van der Waals surface area contributed by atoms with Crippen molar-refractivity contribution >= 4 is 51.4 Å². The van der Waals surface area contributed by atoms with E-state index in [4.69, 9.17) is 33.7 Å². The fraction of sp³-hybridized carbons (Fsp3) is 0. The maximum absolute atomic E-state index is 12.0. The molecule has 0 aliphatic carbocycles. The van der Waals surface area contributed by atoms with E-state index in [0.29, 0.717) is 32.4 Å². The Labute approximate surface area is 152 Å². The molecule has 0 unspecified atom stereocenters. The highest BCUT2D eigenvalue weighted by Crippen LogP contribution is 2.40. The number of rotatable bonds is 4. The highest BCUT2D eigenvalue weighted by atomic mass is 35.5. The van der Waals surface area contributed by atoms with E-state index in [1.807, 2.05) is 0 Å². The molecule has 1 heterocycles. The van der Waals surface area contributed by atoms with E-state index in [1.54, 1.807) is 54.0 Å². The fourth-order valence-corrected chi connectivity index (χ4v) is 3.04. The first kappa shape index (κ1) is 16.6. The number of aromatic nitrogens is 1. The topological polar surface area (TPSA) is 68.5 Å². The van der Waals surface area contributed by atoms with E-state index >= 15 is 0 Å². The number of ether oxygens (including phenoxy) is 1. The zero-order valence-corrected chi connectivity index (χ0v) is 14.5. The van der Waals surface area contributed by atoms with Gasteiger partial charge in [-0.05, 0) is 30.3 Å². The number of nitrogens with two attached hydrogens (primary N) is 1. The predicted molar refractivity (Wildman–Crippen MR) is 96.8 cm³/mol. The second kappa shape index (κ2) is 7.09. The Morgan fingerprint density at radius 1 is 1.17 bits per heavy atom. The first-order valence-electron chi connectivity index (χ1n) is 6.77. The molecular weight excluding hydrogens is 369 g/mol. The molecule has 5 nitrogen and oxygen atoms in total. The number of hydrogen-bond donors (Lipinski definition) is 1. The quantitative estimate of drug-likeness (QED) is 0.654. The van der Waals surface area contributed by atoms with E-state index < -0.39 is 6.03 Å². The number of carbonyl (C=O) groups is 1. The minimum Gasteiger partial charge on any atom is -0.454 e. The third-order valence-corrected chi connectivity index (χ3v) is 4.35. The van der Waals surface area contributed by atoms with Gasteiger partial charge >= 0.3 is 6.03 Å². The zero-order valence-electron chi connectivity index (χ0n) is 12.1. The van der Waals surface area contributed by atoms with E-state index in [2.05, 4.69) is 4.98 Å². The van der Waals surface area contributed by atoms with Crippen LogP contribution >= 0.6 is 34.5 Å². The van der Waals surface area contributed by atoms with Gasteiger partial charge in [0.1, 0.15) is 5.75 Å². The van der Waals surface area contributed by atoms with Gasteiger partial charge in [-0.1, -0.05) is 35.3 Å². The summed E-state index contributed by atoms with van der Waals surface area (Å²) in [6.45, 7) is 0. The average molecular weight is 380 g/mol. The number of carbonyl (C=O) groups excluding carboxylic acids is 1. The SMILES string of the molecule is NC(=O)N(c1nccs1)c1cc(Cl)ccc1Oc1ccccc1Cl. The van der Waals surface area contributed by atoms with E-state index in [1.165, 1.54) is 16.2 Å². The van der Waals surface area contributed by atoms with Gasteiger partial charge in [0.05, 0.1) is 10.7 Å². The van der Waals surface area contributed by atoms with Crippen molar-refractivity contribution in [3.8, 4) is 11.5 Å². The van der Waals surface area contributed by atoms with Crippen LogP contribution in [0.25, 0.3) is 0 Å². The van der Waals surface area contributed by atoms with Crippen LogP contribution in [0, 0.1) is 0 Å². The Hall–Kier alpha value is -2.28. The molecule has 2 aromatic carbocycles. The molecule has 8 heteroatoms. The van der Waals surface area contributed by atoms with E-state index in [0.717, 1.165) is 0 Å². The summed E-state index contributed by atoms with van der Waals surface area (Å²) in [5.41, 5.74) is 5.91. The van der Waals surface area contributed by atoms with Gasteiger partial charge in [0.2, 0.25) is 0 Å². The van der Waals surface area contributed by atoms with E-state index in [-0.39, 0.29) is 0 Å². The molecule has 0 aliphatic rings. The van der Waals surface area contributed by atoms with Gasteiger partial charge in [0.15, 0.2) is 10.9 Å². The lowest BCUT2D eigenvalue weighted by Crippen LogP contribution is -2.31. The Bertz CT molecular complexity index is 872. The summed E-state index contributed by atoms with van der Waals surface area (Å²) in [6, 6.07) is 11.2. The Morgan fingerprint density at radius 2 is 1.96 bits per heavy atom. The summed E-state index contributed by atoms with van der Waals surface area (Å²) in [6.07, 6.45) is 1.58. The third-order valence-electron chi connectivity index (χ3n) is 3.05. The predicted octanol–water partition coefficient (Wildman–Crippen LogP) is 5.46. The maximum atomic E-state index is 12.0. The van der Waals surface area contributed by atoms with Crippen LogP contribution in [0.4, 0.5) is 15.6 Å². The molecule has 0 aliphatic heterocycles. The summed E-state index contributed by atoms with van der Waals surface area (Å²) in [5, 5.41) is 3.02. The van der Waals surface area contributed by atoms with Gasteiger partial charge in [-0.25, -0.2) is 14.7 Å². The molecule has 0 atom stereocenters. The number of urea groups is 1. The number of anilines is 2. The smallest absolute Gasteiger partial charge is 0.325 e. The molecule has 3 rings (SSSR count). The lowest BCUT2D eigenvalue weighted by atomic mass is 10.2. The molecule has 24 heavy (non-hydrogen) atoms. The average Bonchev–Trinajstić information content (AvgIpc) is 3.06. The highest BCUT2D eigenvalue weighted by Gasteiger charge is 2.22. The molecule has 122 valence electrons. The monoisotopic (exact) mass is 379 g/mol. The number of thiazole rings is 1. The Kier molecular flexibility index (Phi) is 4.89. The standard InChI is InChI=1S/C16H11Cl2N3O2S/c17-10-5-6-14(23-13-4-2-1-3-11(13)18)12(9-10)21(15(19)22)16-20-7-8-24-16/h1-9H,(H2,19,22). The van der Waals surface area contributed by atoms with Crippen LogP contribution in [0.2, 0.25) is 10.0 Å². The van der Waals surface area contributed by atoms with Crippen molar-refractivity contribution in [1.29, 1.82) is 0 Å². The normalized spacial score (nSPS) is 10.4. The number of para-hydroxylation sites is 1. The first-order chi connectivity index (χ1) is 11.6. The van der Waals surface area contributed by atoms with Gasteiger partial charge in [0, 0.05) is 16.6 Å². The van der Waals surface area contributed by atoms with Crippen molar-refractivity contribution < 1.29 is 9.53 Å². The van der Waals surface area contributed by atoms with Gasteiger partial charge in [0.25, 0.3) is 0 Å². The molecule has 0 fully saturated rings. The largest absolute Gasteiger partial charge is 0.454 e. The molecule has 0 saturated carbocycles. The number of amides is 2. The van der Waals surface area contributed by atoms with Crippen LogP contribution in [0.15, 0.2) is 54.0 Å². The molecular formula is C16H11Cl2N3O2S. The molecule has 2 amide bonds. The van der Waals surface area contributed by atoms with Crippen LogP contribution in [-0.2, 0) is 0 Å². The maximum Gasteiger partial charge on any atom is 0.325 e. The molecule has 0 bridgehead atoms. The van der Waals surface area contributed by atoms with Gasteiger partial charge < -0.3 is 10.5 Å². The van der Waals surface area contributed by atoms with Crippen molar-refractivity contribution in [3.05, 3.63) is 64.1 Å².